The Hall–Kier alpha value is -1.02. The third-order valence-electron chi connectivity index (χ3n) is 2.96. The van der Waals surface area contributed by atoms with Gasteiger partial charge in [-0.05, 0) is 29.9 Å². The highest BCUT2D eigenvalue weighted by molar-refractivity contribution is 6.20. The van der Waals surface area contributed by atoms with Gasteiger partial charge in [-0.2, -0.15) is 0 Å². The van der Waals surface area contributed by atoms with E-state index >= 15 is 0 Å². The van der Waals surface area contributed by atoms with Gasteiger partial charge in [0, 0.05) is 6.42 Å². The van der Waals surface area contributed by atoms with Crippen LogP contribution in [0.25, 0.3) is 0 Å². The van der Waals surface area contributed by atoms with E-state index in [2.05, 4.69) is 42.8 Å². The van der Waals surface area contributed by atoms with Gasteiger partial charge < -0.3 is 4.74 Å². The van der Waals surface area contributed by atoms with Crippen molar-refractivity contribution in [2.75, 3.05) is 7.11 Å². The van der Waals surface area contributed by atoms with Gasteiger partial charge in [0.1, 0.15) is 0 Å². The van der Waals surface area contributed by atoms with Gasteiger partial charge in [-0.15, -0.1) is 11.6 Å². The summed E-state index contributed by atoms with van der Waals surface area (Å²) in [6, 6.07) is 8.32. The fraction of sp³-hybridized carbons (Fsp3) is 0.533. The van der Waals surface area contributed by atoms with E-state index in [1.54, 1.807) is 0 Å². The van der Waals surface area contributed by atoms with Gasteiger partial charge >= 0.3 is 5.97 Å². The van der Waals surface area contributed by atoms with Crippen molar-refractivity contribution in [1.29, 1.82) is 0 Å². The van der Waals surface area contributed by atoms with Gasteiger partial charge in [-0.3, -0.25) is 4.79 Å². The minimum atomic E-state index is -0.146. The standard InChI is InChI=1S/C15H21ClO2/c1-11(2)15(16)13-9-7-12(8-10-13)5-4-6-14(17)18-3/h7-11,15H,4-6H2,1-3H3. The molecule has 0 saturated carbocycles. The molecule has 1 aromatic carbocycles. The number of esters is 1. The first-order chi connectivity index (χ1) is 8.54. The SMILES string of the molecule is COC(=O)CCCc1ccc(C(Cl)C(C)C)cc1. The number of ether oxygens (including phenoxy) is 1. The second kappa shape index (κ2) is 7.42. The maximum atomic E-state index is 11.0. The zero-order valence-corrected chi connectivity index (χ0v) is 12.0. The first-order valence-corrected chi connectivity index (χ1v) is 6.78. The maximum Gasteiger partial charge on any atom is 0.305 e. The minimum absolute atomic E-state index is 0.0640. The summed E-state index contributed by atoms with van der Waals surface area (Å²) in [5, 5.41) is 0.0640. The first kappa shape index (κ1) is 15.0. The molecule has 0 aliphatic heterocycles. The van der Waals surface area contributed by atoms with Crippen molar-refractivity contribution in [3.8, 4) is 0 Å². The molecule has 1 unspecified atom stereocenters. The predicted octanol–water partition coefficient (Wildman–Crippen LogP) is 4.12. The fourth-order valence-electron chi connectivity index (χ4n) is 1.79. The Morgan fingerprint density at radius 3 is 2.39 bits per heavy atom. The van der Waals surface area contributed by atoms with Crippen LogP contribution < -0.4 is 0 Å². The summed E-state index contributed by atoms with van der Waals surface area (Å²) in [7, 11) is 1.42. The third-order valence-corrected chi connectivity index (χ3v) is 3.71. The van der Waals surface area contributed by atoms with Gasteiger partial charge in [0.05, 0.1) is 12.5 Å². The lowest BCUT2D eigenvalue weighted by atomic mass is 9.99. The number of methoxy groups -OCH3 is 1. The largest absolute Gasteiger partial charge is 0.469 e. The van der Waals surface area contributed by atoms with E-state index in [0.717, 1.165) is 18.4 Å². The molecule has 1 atom stereocenters. The Morgan fingerprint density at radius 1 is 1.28 bits per heavy atom. The number of halogens is 1. The van der Waals surface area contributed by atoms with Gasteiger partial charge in [0.25, 0.3) is 0 Å². The van der Waals surface area contributed by atoms with E-state index in [0.29, 0.717) is 12.3 Å². The molecule has 0 saturated heterocycles. The summed E-state index contributed by atoms with van der Waals surface area (Å²) >= 11 is 6.30. The Bertz CT molecular complexity index is 371. The summed E-state index contributed by atoms with van der Waals surface area (Å²) in [4.78, 5) is 11.0. The van der Waals surface area contributed by atoms with Crippen molar-refractivity contribution in [3.05, 3.63) is 35.4 Å². The summed E-state index contributed by atoms with van der Waals surface area (Å²) in [5.41, 5.74) is 2.39. The molecule has 0 N–H and O–H groups in total. The molecule has 0 radical (unpaired) electrons. The molecule has 18 heavy (non-hydrogen) atoms. The number of rotatable bonds is 6. The molecule has 0 spiro atoms. The van der Waals surface area contributed by atoms with Crippen LogP contribution in [0.3, 0.4) is 0 Å². The molecule has 1 rings (SSSR count). The smallest absolute Gasteiger partial charge is 0.305 e. The van der Waals surface area contributed by atoms with Crippen LogP contribution in [-0.2, 0) is 16.0 Å². The fourth-order valence-corrected chi connectivity index (χ4v) is 1.94. The second-order valence-corrected chi connectivity index (χ2v) is 5.29. The molecule has 0 amide bonds. The lowest BCUT2D eigenvalue weighted by molar-refractivity contribution is -0.140. The number of benzene rings is 1. The zero-order valence-electron chi connectivity index (χ0n) is 11.3. The molecule has 3 heteroatoms. The molecule has 100 valence electrons. The number of carbonyl (C=O) groups excluding carboxylic acids is 1. The van der Waals surface area contributed by atoms with E-state index in [4.69, 9.17) is 11.6 Å². The maximum absolute atomic E-state index is 11.0. The molecular weight excluding hydrogens is 248 g/mol. The Labute approximate surface area is 114 Å². The van der Waals surface area contributed by atoms with Gasteiger partial charge in [0.15, 0.2) is 0 Å². The molecule has 0 aromatic heterocycles. The van der Waals surface area contributed by atoms with E-state index < -0.39 is 0 Å². The quantitative estimate of drug-likeness (QED) is 0.573. The van der Waals surface area contributed by atoms with E-state index in [9.17, 15) is 4.79 Å². The van der Waals surface area contributed by atoms with Crippen molar-refractivity contribution < 1.29 is 9.53 Å². The van der Waals surface area contributed by atoms with E-state index in [1.165, 1.54) is 12.7 Å². The van der Waals surface area contributed by atoms with Gasteiger partial charge in [-0.25, -0.2) is 0 Å². The predicted molar refractivity (Wildman–Crippen MR) is 74.8 cm³/mol. The van der Waals surface area contributed by atoms with Crippen molar-refractivity contribution in [1.82, 2.24) is 0 Å². The number of alkyl halides is 1. The highest BCUT2D eigenvalue weighted by atomic mass is 35.5. The second-order valence-electron chi connectivity index (χ2n) is 4.82. The van der Waals surface area contributed by atoms with Crippen LogP contribution in [-0.4, -0.2) is 13.1 Å². The average Bonchev–Trinajstić information content (AvgIpc) is 2.38. The van der Waals surface area contributed by atoms with Crippen molar-refractivity contribution in [3.63, 3.8) is 0 Å². The van der Waals surface area contributed by atoms with E-state index in [-0.39, 0.29) is 11.3 Å². The van der Waals surface area contributed by atoms with Crippen LogP contribution >= 0.6 is 11.6 Å². The molecule has 0 fully saturated rings. The molecule has 2 nitrogen and oxygen atoms in total. The monoisotopic (exact) mass is 268 g/mol. The number of hydrogen-bond acceptors (Lipinski definition) is 2. The summed E-state index contributed by atoms with van der Waals surface area (Å²) in [5.74, 6) is 0.282. The molecule has 0 bridgehead atoms. The average molecular weight is 269 g/mol. The van der Waals surface area contributed by atoms with Crippen molar-refractivity contribution >= 4 is 17.6 Å². The Kier molecular flexibility index (Phi) is 6.20. The lowest BCUT2D eigenvalue weighted by Crippen LogP contribution is -2.01. The normalized spacial score (nSPS) is 12.5. The number of aryl methyl sites for hydroxylation is 1. The third kappa shape index (κ3) is 4.69. The molecular formula is C15H21ClO2. The summed E-state index contributed by atoms with van der Waals surface area (Å²) in [6.07, 6.45) is 2.19. The zero-order chi connectivity index (χ0) is 13.5. The van der Waals surface area contributed by atoms with Crippen molar-refractivity contribution in [2.45, 2.75) is 38.5 Å². The van der Waals surface area contributed by atoms with Gasteiger partial charge in [0.2, 0.25) is 0 Å². The van der Waals surface area contributed by atoms with Gasteiger partial charge in [-0.1, -0.05) is 38.1 Å². The van der Waals surface area contributed by atoms with Crippen LogP contribution in [0.4, 0.5) is 0 Å². The molecule has 1 aromatic rings. The van der Waals surface area contributed by atoms with Crippen LogP contribution in [0.2, 0.25) is 0 Å². The minimum Gasteiger partial charge on any atom is -0.469 e. The first-order valence-electron chi connectivity index (χ1n) is 6.34. The molecule has 0 aliphatic rings. The molecule has 0 heterocycles. The Morgan fingerprint density at radius 2 is 1.89 bits per heavy atom. The van der Waals surface area contributed by atoms with Crippen LogP contribution in [0.5, 0.6) is 0 Å². The Balaban J connectivity index is 2.48. The highest BCUT2D eigenvalue weighted by Crippen LogP contribution is 2.28. The lowest BCUT2D eigenvalue weighted by Gasteiger charge is -2.14. The molecule has 0 aliphatic carbocycles. The van der Waals surface area contributed by atoms with Crippen LogP contribution in [0, 0.1) is 5.92 Å². The highest BCUT2D eigenvalue weighted by Gasteiger charge is 2.11. The van der Waals surface area contributed by atoms with Crippen LogP contribution in [0.1, 0.15) is 43.2 Å². The number of carbonyl (C=O) groups is 1. The van der Waals surface area contributed by atoms with E-state index in [1.807, 2.05) is 0 Å². The number of hydrogen-bond donors (Lipinski definition) is 0. The topological polar surface area (TPSA) is 26.3 Å². The summed E-state index contributed by atoms with van der Waals surface area (Å²) < 4.78 is 4.61. The van der Waals surface area contributed by atoms with Crippen LogP contribution in [0.15, 0.2) is 24.3 Å². The summed E-state index contributed by atoms with van der Waals surface area (Å²) in [6.45, 7) is 4.23. The van der Waals surface area contributed by atoms with Crippen molar-refractivity contribution in [2.24, 2.45) is 5.92 Å².